The van der Waals surface area contributed by atoms with Crippen LogP contribution in [-0.2, 0) is 11.3 Å². The third-order valence-electron chi connectivity index (χ3n) is 6.24. The van der Waals surface area contributed by atoms with Crippen LogP contribution in [0.3, 0.4) is 0 Å². The Kier molecular flexibility index (Phi) is 6.97. The van der Waals surface area contributed by atoms with E-state index < -0.39 is 0 Å². The van der Waals surface area contributed by atoms with Gasteiger partial charge in [0.15, 0.2) is 0 Å². The normalized spacial score (nSPS) is 17.9. The van der Waals surface area contributed by atoms with Crippen molar-refractivity contribution in [3.8, 4) is 0 Å². The average Bonchev–Trinajstić information content (AvgIpc) is 2.81. The number of anilines is 2. The van der Waals surface area contributed by atoms with Gasteiger partial charge in [0.2, 0.25) is 0 Å². The lowest BCUT2D eigenvalue weighted by atomic mass is 9.94. The van der Waals surface area contributed by atoms with Crippen LogP contribution in [0.4, 0.5) is 11.4 Å². The van der Waals surface area contributed by atoms with Crippen LogP contribution in [-0.4, -0.2) is 55.2 Å². The smallest absolute Gasteiger partial charge is 0.274 e. The molecule has 30 heavy (non-hydrogen) atoms. The number of rotatable bonds is 6. The van der Waals surface area contributed by atoms with Gasteiger partial charge >= 0.3 is 0 Å². The number of carbonyl (C=O) groups is 1. The summed E-state index contributed by atoms with van der Waals surface area (Å²) < 4.78 is 5.43. The number of aromatic nitrogens is 1. The van der Waals surface area contributed by atoms with E-state index >= 15 is 0 Å². The number of para-hydroxylation sites is 1. The van der Waals surface area contributed by atoms with Crippen molar-refractivity contribution in [1.29, 1.82) is 0 Å². The number of ether oxygens (including phenoxy) is 1. The SMILES string of the molecule is CN(Cc1ccccc1NC(=O)c1cc(N2CCOCC2)ccn1)C1CCCCC1. The molecular weight excluding hydrogens is 376 g/mol. The Morgan fingerprint density at radius 3 is 2.73 bits per heavy atom. The predicted octanol–water partition coefficient (Wildman–Crippen LogP) is 3.94. The van der Waals surface area contributed by atoms with E-state index in [0.717, 1.165) is 36.6 Å². The van der Waals surface area contributed by atoms with Gasteiger partial charge < -0.3 is 15.0 Å². The summed E-state index contributed by atoms with van der Waals surface area (Å²) in [6, 6.07) is 12.6. The molecule has 160 valence electrons. The molecule has 1 aromatic heterocycles. The Bertz CT molecular complexity index is 845. The second-order valence-electron chi connectivity index (χ2n) is 8.32. The average molecular weight is 409 g/mol. The number of nitrogens with one attached hydrogen (secondary N) is 1. The fourth-order valence-electron chi connectivity index (χ4n) is 4.45. The fraction of sp³-hybridized carbons (Fsp3) is 0.500. The Hall–Kier alpha value is -2.44. The minimum absolute atomic E-state index is 0.169. The van der Waals surface area contributed by atoms with Crippen molar-refractivity contribution in [1.82, 2.24) is 9.88 Å². The van der Waals surface area contributed by atoms with Crippen LogP contribution < -0.4 is 10.2 Å². The first-order chi connectivity index (χ1) is 14.7. The van der Waals surface area contributed by atoms with Crippen molar-refractivity contribution < 1.29 is 9.53 Å². The number of hydrogen-bond donors (Lipinski definition) is 1. The first-order valence-corrected chi connectivity index (χ1v) is 11.1. The molecular formula is C24H32N4O2. The van der Waals surface area contributed by atoms with Gasteiger partial charge in [-0.3, -0.25) is 14.7 Å². The monoisotopic (exact) mass is 408 g/mol. The molecule has 4 rings (SSSR count). The highest BCUT2D eigenvalue weighted by Gasteiger charge is 2.20. The first-order valence-electron chi connectivity index (χ1n) is 11.1. The summed E-state index contributed by atoms with van der Waals surface area (Å²) in [5.74, 6) is -0.169. The molecule has 1 aromatic carbocycles. The topological polar surface area (TPSA) is 57.7 Å². The molecule has 1 aliphatic carbocycles. The molecule has 6 nitrogen and oxygen atoms in total. The van der Waals surface area contributed by atoms with Crippen molar-refractivity contribution in [2.45, 2.75) is 44.7 Å². The van der Waals surface area contributed by atoms with Gasteiger partial charge in [-0.2, -0.15) is 0 Å². The maximum atomic E-state index is 13.0. The predicted molar refractivity (Wildman–Crippen MR) is 120 cm³/mol. The van der Waals surface area contributed by atoms with Crippen molar-refractivity contribution in [2.24, 2.45) is 0 Å². The van der Waals surface area contributed by atoms with Crippen LogP contribution in [0.15, 0.2) is 42.6 Å². The lowest BCUT2D eigenvalue weighted by Crippen LogP contribution is -2.36. The lowest BCUT2D eigenvalue weighted by Gasteiger charge is -2.31. The highest BCUT2D eigenvalue weighted by atomic mass is 16.5. The highest BCUT2D eigenvalue weighted by Crippen LogP contribution is 2.25. The van der Waals surface area contributed by atoms with E-state index in [1.807, 2.05) is 30.3 Å². The highest BCUT2D eigenvalue weighted by molar-refractivity contribution is 6.03. The molecule has 6 heteroatoms. The van der Waals surface area contributed by atoms with Crippen LogP contribution in [0.5, 0.6) is 0 Å². The molecule has 1 saturated heterocycles. The standard InChI is InChI=1S/C24H32N4O2/c1-27(20-8-3-2-4-9-20)18-19-7-5-6-10-22(19)26-24(29)23-17-21(11-12-25-23)28-13-15-30-16-14-28/h5-7,10-12,17,20H,2-4,8-9,13-16,18H2,1H3,(H,26,29). The van der Waals surface area contributed by atoms with E-state index in [2.05, 4.69) is 33.2 Å². The number of amides is 1. The Balaban J connectivity index is 1.44. The summed E-state index contributed by atoms with van der Waals surface area (Å²) >= 11 is 0. The largest absolute Gasteiger partial charge is 0.378 e. The molecule has 0 bridgehead atoms. The molecule has 2 heterocycles. The van der Waals surface area contributed by atoms with Crippen LogP contribution >= 0.6 is 0 Å². The van der Waals surface area contributed by atoms with Crippen LogP contribution in [0, 0.1) is 0 Å². The van der Waals surface area contributed by atoms with E-state index in [0.29, 0.717) is 24.9 Å². The zero-order valence-corrected chi connectivity index (χ0v) is 17.8. The van der Waals surface area contributed by atoms with Gasteiger partial charge in [-0.1, -0.05) is 37.5 Å². The third-order valence-corrected chi connectivity index (χ3v) is 6.24. The molecule has 2 fully saturated rings. The number of morpholine rings is 1. The van der Waals surface area contributed by atoms with Gasteiger partial charge in [0.05, 0.1) is 13.2 Å². The van der Waals surface area contributed by atoms with Gasteiger partial charge in [-0.05, 0) is 43.7 Å². The van der Waals surface area contributed by atoms with E-state index in [1.165, 1.54) is 32.1 Å². The summed E-state index contributed by atoms with van der Waals surface area (Å²) in [5.41, 5.74) is 3.46. The second kappa shape index (κ2) is 10.0. The summed E-state index contributed by atoms with van der Waals surface area (Å²) in [4.78, 5) is 21.9. The minimum Gasteiger partial charge on any atom is -0.378 e. The van der Waals surface area contributed by atoms with Gasteiger partial charge in [0.25, 0.3) is 5.91 Å². The molecule has 1 aliphatic heterocycles. The molecule has 1 N–H and O–H groups in total. The Morgan fingerprint density at radius 2 is 1.93 bits per heavy atom. The van der Waals surface area contributed by atoms with E-state index in [1.54, 1.807) is 6.20 Å². The Labute approximate surface area is 179 Å². The van der Waals surface area contributed by atoms with Crippen molar-refractivity contribution >= 4 is 17.3 Å². The molecule has 2 aliphatic rings. The number of hydrogen-bond acceptors (Lipinski definition) is 5. The second-order valence-corrected chi connectivity index (χ2v) is 8.32. The summed E-state index contributed by atoms with van der Waals surface area (Å²) in [7, 11) is 2.20. The maximum absolute atomic E-state index is 13.0. The number of pyridine rings is 1. The van der Waals surface area contributed by atoms with Crippen molar-refractivity contribution in [2.75, 3.05) is 43.6 Å². The molecule has 1 amide bonds. The number of nitrogens with zero attached hydrogens (tertiary/aromatic N) is 3. The lowest BCUT2D eigenvalue weighted by molar-refractivity contribution is 0.102. The van der Waals surface area contributed by atoms with Gasteiger partial charge in [0, 0.05) is 43.2 Å². The maximum Gasteiger partial charge on any atom is 0.274 e. The molecule has 2 aromatic rings. The molecule has 0 unspecified atom stereocenters. The van der Waals surface area contributed by atoms with Crippen molar-refractivity contribution in [3.05, 3.63) is 53.9 Å². The zero-order valence-electron chi connectivity index (χ0n) is 17.8. The van der Waals surface area contributed by atoms with Crippen LogP contribution in [0.1, 0.15) is 48.2 Å². The minimum atomic E-state index is -0.169. The quantitative estimate of drug-likeness (QED) is 0.785. The summed E-state index contributed by atoms with van der Waals surface area (Å²) in [6.45, 7) is 3.93. The summed E-state index contributed by atoms with van der Waals surface area (Å²) in [6.07, 6.45) is 8.24. The van der Waals surface area contributed by atoms with Gasteiger partial charge in [-0.25, -0.2) is 0 Å². The summed E-state index contributed by atoms with van der Waals surface area (Å²) in [5, 5.41) is 3.09. The molecule has 1 saturated carbocycles. The molecule has 0 atom stereocenters. The number of carbonyl (C=O) groups excluding carboxylic acids is 1. The fourth-order valence-corrected chi connectivity index (χ4v) is 4.45. The zero-order chi connectivity index (χ0) is 20.8. The van der Waals surface area contributed by atoms with Crippen LogP contribution in [0.25, 0.3) is 0 Å². The van der Waals surface area contributed by atoms with Crippen molar-refractivity contribution in [3.63, 3.8) is 0 Å². The number of benzene rings is 1. The van der Waals surface area contributed by atoms with Gasteiger partial charge in [-0.15, -0.1) is 0 Å². The van der Waals surface area contributed by atoms with E-state index in [-0.39, 0.29) is 5.91 Å². The first kappa shape index (κ1) is 20.8. The van der Waals surface area contributed by atoms with E-state index in [4.69, 9.17) is 4.74 Å². The van der Waals surface area contributed by atoms with E-state index in [9.17, 15) is 4.79 Å². The molecule has 0 radical (unpaired) electrons. The molecule has 0 spiro atoms. The third kappa shape index (κ3) is 5.18. The Morgan fingerprint density at radius 1 is 1.17 bits per heavy atom. The van der Waals surface area contributed by atoms with Crippen LogP contribution in [0.2, 0.25) is 0 Å². The van der Waals surface area contributed by atoms with Gasteiger partial charge in [0.1, 0.15) is 5.69 Å².